The number of ether oxygens (including phenoxy) is 1. The molecule has 6 heteroatoms. The molecule has 4 rings (SSSR count). The highest BCUT2D eigenvalue weighted by Gasteiger charge is 2.14. The normalized spacial score (nSPS) is 11.4. The van der Waals surface area contributed by atoms with Gasteiger partial charge in [0.1, 0.15) is 5.01 Å². The van der Waals surface area contributed by atoms with Gasteiger partial charge in [-0.3, -0.25) is 0 Å². The van der Waals surface area contributed by atoms with Crippen molar-refractivity contribution in [1.82, 2.24) is 9.55 Å². The Morgan fingerprint density at radius 3 is 2.96 bits per heavy atom. The average molecular weight is 419 g/mol. The van der Waals surface area contributed by atoms with Crippen molar-refractivity contribution in [2.24, 2.45) is 0 Å². The molecule has 0 unspecified atom stereocenters. The number of thiazole rings is 1. The van der Waals surface area contributed by atoms with Crippen LogP contribution < -0.4 is 0 Å². The van der Waals surface area contributed by atoms with E-state index >= 15 is 0 Å². The number of thiophene rings is 1. The molecule has 24 heavy (non-hydrogen) atoms. The molecule has 0 atom stereocenters. The third kappa shape index (κ3) is 2.95. The second-order valence-electron chi connectivity index (χ2n) is 5.44. The van der Waals surface area contributed by atoms with Crippen LogP contribution in [-0.2, 0) is 11.3 Å². The fraction of sp³-hybridized carbons (Fsp3) is 0.167. The van der Waals surface area contributed by atoms with E-state index in [1.807, 2.05) is 0 Å². The van der Waals surface area contributed by atoms with Gasteiger partial charge in [-0.2, -0.15) is 11.3 Å². The topological polar surface area (TPSA) is 27.1 Å². The molecular formula is C18H15BrN2OS2. The second-order valence-corrected chi connectivity index (χ2v) is 7.99. The minimum atomic E-state index is 0.692. The Bertz CT molecular complexity index is 972. The first-order chi connectivity index (χ1) is 11.8. The molecule has 0 bridgehead atoms. The Balaban J connectivity index is 1.82. The molecule has 3 aromatic heterocycles. The van der Waals surface area contributed by atoms with Crippen LogP contribution >= 0.6 is 38.6 Å². The van der Waals surface area contributed by atoms with Gasteiger partial charge in [0.15, 0.2) is 0 Å². The summed E-state index contributed by atoms with van der Waals surface area (Å²) >= 11 is 6.98. The molecule has 3 heterocycles. The number of rotatable bonds is 5. The predicted octanol–water partition coefficient (Wildman–Crippen LogP) is 5.90. The minimum Gasteiger partial charge on any atom is -0.383 e. The molecule has 0 aliphatic heterocycles. The van der Waals surface area contributed by atoms with Crippen molar-refractivity contribution in [3.63, 3.8) is 0 Å². The van der Waals surface area contributed by atoms with E-state index in [0.29, 0.717) is 6.61 Å². The first-order valence-electron chi connectivity index (χ1n) is 7.52. The fourth-order valence-corrected chi connectivity index (χ4v) is 4.62. The van der Waals surface area contributed by atoms with Gasteiger partial charge >= 0.3 is 0 Å². The van der Waals surface area contributed by atoms with E-state index in [2.05, 4.69) is 67.1 Å². The van der Waals surface area contributed by atoms with Gasteiger partial charge in [0.25, 0.3) is 0 Å². The summed E-state index contributed by atoms with van der Waals surface area (Å²) in [7, 11) is 1.73. The summed E-state index contributed by atoms with van der Waals surface area (Å²) in [5, 5.41) is 8.62. The Morgan fingerprint density at radius 1 is 1.25 bits per heavy atom. The number of nitrogens with zero attached hydrogens (tertiary/aromatic N) is 2. The van der Waals surface area contributed by atoms with Crippen molar-refractivity contribution in [3.8, 4) is 21.8 Å². The maximum absolute atomic E-state index is 5.24. The molecule has 0 radical (unpaired) electrons. The highest BCUT2D eigenvalue weighted by atomic mass is 79.9. The molecule has 122 valence electrons. The summed E-state index contributed by atoms with van der Waals surface area (Å²) in [5.41, 5.74) is 4.61. The predicted molar refractivity (Wildman–Crippen MR) is 106 cm³/mol. The fourth-order valence-electron chi connectivity index (χ4n) is 2.75. The number of hydrogen-bond acceptors (Lipinski definition) is 4. The van der Waals surface area contributed by atoms with E-state index in [9.17, 15) is 0 Å². The van der Waals surface area contributed by atoms with Crippen LogP contribution in [0.25, 0.3) is 32.7 Å². The van der Waals surface area contributed by atoms with Crippen LogP contribution in [-0.4, -0.2) is 23.3 Å². The van der Waals surface area contributed by atoms with Gasteiger partial charge in [0, 0.05) is 57.1 Å². The van der Waals surface area contributed by atoms with Crippen LogP contribution in [0.3, 0.4) is 0 Å². The molecule has 1 aromatic carbocycles. The summed E-state index contributed by atoms with van der Waals surface area (Å²) in [6.45, 7) is 1.52. The van der Waals surface area contributed by atoms with Crippen LogP contribution in [0.2, 0.25) is 0 Å². The summed E-state index contributed by atoms with van der Waals surface area (Å²) in [4.78, 5) is 4.86. The van der Waals surface area contributed by atoms with E-state index in [1.165, 1.54) is 22.0 Å². The van der Waals surface area contributed by atoms with Gasteiger partial charge in [-0.25, -0.2) is 4.98 Å². The summed E-state index contributed by atoms with van der Waals surface area (Å²) in [6, 6.07) is 8.50. The number of hydrogen-bond donors (Lipinski definition) is 0. The number of halogens is 1. The molecular weight excluding hydrogens is 404 g/mol. The van der Waals surface area contributed by atoms with Crippen molar-refractivity contribution < 1.29 is 4.74 Å². The molecule has 0 amide bonds. The molecule has 0 spiro atoms. The second kappa shape index (κ2) is 6.80. The first kappa shape index (κ1) is 16.0. The van der Waals surface area contributed by atoms with Gasteiger partial charge in [-0.1, -0.05) is 15.9 Å². The van der Waals surface area contributed by atoms with Gasteiger partial charge in [-0.15, -0.1) is 11.3 Å². The van der Waals surface area contributed by atoms with Crippen LogP contribution in [0.5, 0.6) is 0 Å². The highest BCUT2D eigenvalue weighted by molar-refractivity contribution is 9.10. The molecule has 0 fully saturated rings. The van der Waals surface area contributed by atoms with Gasteiger partial charge in [-0.05, 0) is 29.6 Å². The highest BCUT2D eigenvalue weighted by Crippen LogP contribution is 2.36. The molecule has 0 aliphatic carbocycles. The largest absolute Gasteiger partial charge is 0.383 e. The summed E-state index contributed by atoms with van der Waals surface area (Å²) < 4.78 is 8.57. The monoisotopic (exact) mass is 418 g/mol. The first-order valence-corrected chi connectivity index (χ1v) is 10.1. The Morgan fingerprint density at radius 2 is 2.17 bits per heavy atom. The third-order valence-corrected chi connectivity index (χ3v) is 5.98. The minimum absolute atomic E-state index is 0.692. The summed E-state index contributed by atoms with van der Waals surface area (Å²) in [5.74, 6) is 0. The molecule has 0 N–H and O–H groups in total. The van der Waals surface area contributed by atoms with Gasteiger partial charge in [0.2, 0.25) is 0 Å². The lowest BCUT2D eigenvalue weighted by atomic mass is 10.2. The van der Waals surface area contributed by atoms with Gasteiger partial charge in [0.05, 0.1) is 12.3 Å². The Kier molecular flexibility index (Phi) is 4.54. The van der Waals surface area contributed by atoms with Crippen molar-refractivity contribution in [1.29, 1.82) is 0 Å². The van der Waals surface area contributed by atoms with E-state index in [-0.39, 0.29) is 0 Å². The zero-order chi connectivity index (χ0) is 16.5. The maximum Gasteiger partial charge on any atom is 0.126 e. The number of fused-ring (bicyclic) bond motifs is 1. The van der Waals surface area contributed by atoms with Crippen LogP contribution in [0, 0.1) is 0 Å². The van der Waals surface area contributed by atoms with Crippen molar-refractivity contribution >= 4 is 49.5 Å². The third-order valence-electron chi connectivity index (χ3n) is 3.93. The molecule has 0 aliphatic rings. The number of methoxy groups -OCH3 is 1. The maximum atomic E-state index is 5.24. The quantitative estimate of drug-likeness (QED) is 0.403. The zero-order valence-electron chi connectivity index (χ0n) is 13.0. The molecule has 4 aromatic rings. The smallest absolute Gasteiger partial charge is 0.126 e. The lowest BCUT2D eigenvalue weighted by molar-refractivity contribution is 0.188. The van der Waals surface area contributed by atoms with Crippen molar-refractivity contribution in [2.75, 3.05) is 13.7 Å². The lowest BCUT2D eigenvalue weighted by Gasteiger charge is -2.03. The van der Waals surface area contributed by atoms with E-state index < -0.39 is 0 Å². The van der Waals surface area contributed by atoms with Crippen molar-refractivity contribution in [3.05, 3.63) is 51.1 Å². The summed E-state index contributed by atoms with van der Waals surface area (Å²) in [6.07, 6.45) is 2.19. The van der Waals surface area contributed by atoms with E-state index in [4.69, 9.17) is 9.72 Å². The van der Waals surface area contributed by atoms with Crippen LogP contribution in [0.1, 0.15) is 0 Å². The Hall–Kier alpha value is -1.47. The number of benzene rings is 1. The molecule has 3 nitrogen and oxygen atoms in total. The lowest BCUT2D eigenvalue weighted by Crippen LogP contribution is -2.02. The SMILES string of the molecule is COCCn1cc(-c2nc(-c3ccsc3)cs2)c2cc(Br)ccc21. The van der Waals surface area contributed by atoms with Crippen molar-refractivity contribution in [2.45, 2.75) is 6.54 Å². The van der Waals surface area contributed by atoms with Crippen LogP contribution in [0.4, 0.5) is 0 Å². The van der Waals surface area contributed by atoms with Crippen LogP contribution in [0.15, 0.2) is 51.1 Å². The standard InChI is InChI=1S/C18H15BrN2OS2/c1-22-6-5-21-9-15(14-8-13(19)2-3-17(14)21)18-20-16(11-24-18)12-4-7-23-10-12/h2-4,7-11H,5-6H2,1H3. The molecule has 0 saturated carbocycles. The average Bonchev–Trinajstić information content (AvgIpc) is 3.31. The zero-order valence-corrected chi connectivity index (χ0v) is 16.2. The van der Waals surface area contributed by atoms with E-state index in [1.54, 1.807) is 29.8 Å². The Labute approximate surface area is 156 Å². The molecule has 0 saturated heterocycles. The van der Waals surface area contributed by atoms with E-state index in [0.717, 1.165) is 21.7 Å². The van der Waals surface area contributed by atoms with Gasteiger partial charge < -0.3 is 9.30 Å². The number of aromatic nitrogens is 2.